The van der Waals surface area contributed by atoms with Crippen molar-refractivity contribution in [3.63, 3.8) is 0 Å². The van der Waals surface area contributed by atoms with Crippen molar-refractivity contribution < 1.29 is 42.9 Å². The van der Waals surface area contributed by atoms with Gasteiger partial charge in [0.25, 0.3) is 0 Å². The Morgan fingerprint density at radius 3 is 1.58 bits per heavy atom. The first-order valence-electron chi connectivity index (χ1n) is 9.90. The van der Waals surface area contributed by atoms with Crippen LogP contribution in [0.2, 0.25) is 0 Å². The van der Waals surface area contributed by atoms with E-state index in [9.17, 15) is 19.2 Å². The van der Waals surface area contributed by atoms with Crippen LogP contribution in [-0.2, 0) is 14.3 Å². The lowest BCUT2D eigenvalue weighted by Crippen LogP contribution is -2.20. The van der Waals surface area contributed by atoms with Crippen LogP contribution >= 0.6 is 0 Å². The summed E-state index contributed by atoms with van der Waals surface area (Å²) in [7, 11) is 6.02. The Balaban J connectivity index is 0.000000361. The summed E-state index contributed by atoms with van der Waals surface area (Å²) in [5, 5.41) is 0. The predicted octanol–water partition coefficient (Wildman–Crippen LogP) is 3.32. The van der Waals surface area contributed by atoms with Crippen LogP contribution in [-0.4, -0.2) is 58.4 Å². The highest BCUT2D eigenvalue weighted by molar-refractivity contribution is 6.38. The van der Waals surface area contributed by atoms with Gasteiger partial charge in [-0.2, -0.15) is 0 Å². The van der Waals surface area contributed by atoms with Crippen LogP contribution in [0.4, 0.5) is 0 Å². The van der Waals surface area contributed by atoms with Crippen LogP contribution in [0.1, 0.15) is 41.0 Å². The van der Waals surface area contributed by atoms with E-state index >= 15 is 0 Å². The Hall–Kier alpha value is -3.88. The smallest absolute Gasteiger partial charge is 0.375 e. The first-order chi connectivity index (χ1) is 15.7. The molecule has 33 heavy (non-hydrogen) atoms. The van der Waals surface area contributed by atoms with Crippen LogP contribution in [0.25, 0.3) is 0 Å². The Bertz CT molecular complexity index is 995. The minimum absolute atomic E-state index is 0.0148. The number of esters is 1. The summed E-state index contributed by atoms with van der Waals surface area (Å²) in [5.74, 6) is -0.275. The largest absolute Gasteiger partial charge is 0.493 e. The van der Waals surface area contributed by atoms with Crippen molar-refractivity contribution in [2.45, 2.75) is 20.3 Å². The van der Waals surface area contributed by atoms with Crippen LogP contribution in [0.15, 0.2) is 36.4 Å². The summed E-state index contributed by atoms with van der Waals surface area (Å²) in [5.41, 5.74) is 0.887. The molecule has 0 saturated carbocycles. The second-order valence-electron chi connectivity index (χ2n) is 6.44. The van der Waals surface area contributed by atoms with Gasteiger partial charge in [0, 0.05) is 11.1 Å². The molecule has 0 heterocycles. The summed E-state index contributed by atoms with van der Waals surface area (Å²) < 4.78 is 24.7. The van der Waals surface area contributed by atoms with E-state index in [1.165, 1.54) is 33.3 Å². The van der Waals surface area contributed by atoms with E-state index in [-0.39, 0.29) is 18.0 Å². The zero-order valence-electron chi connectivity index (χ0n) is 19.6. The quantitative estimate of drug-likeness (QED) is 0.228. The lowest BCUT2D eigenvalue weighted by Gasteiger charge is -2.08. The topological polar surface area (TPSA) is 114 Å². The molecule has 0 amide bonds. The first-order valence-corrected chi connectivity index (χ1v) is 9.90. The molecule has 0 radical (unpaired) electrons. The Morgan fingerprint density at radius 2 is 1.15 bits per heavy atom. The molecule has 0 aromatic heterocycles. The maximum atomic E-state index is 11.9. The predicted molar refractivity (Wildman–Crippen MR) is 120 cm³/mol. The summed E-state index contributed by atoms with van der Waals surface area (Å²) in [6, 6.07) is 9.61. The van der Waals surface area contributed by atoms with Gasteiger partial charge in [-0.1, -0.05) is 0 Å². The van der Waals surface area contributed by atoms with Crippen molar-refractivity contribution in [1.82, 2.24) is 0 Å². The standard InChI is InChI=1S/C14H16O6.C10H12O3/c1-4-20-14(17)11(16)8-10(15)9-5-6-12(18-2)13(7-9)19-3;1-7(11)8-4-5-9(12-2)10(6-8)13-3/h5-7H,4,8H2,1-3H3;4-6H,1-3H3. The van der Waals surface area contributed by atoms with E-state index in [1.54, 1.807) is 45.4 Å². The zero-order valence-corrected chi connectivity index (χ0v) is 19.6. The third-order valence-electron chi connectivity index (χ3n) is 4.32. The van der Waals surface area contributed by atoms with Gasteiger partial charge < -0.3 is 23.7 Å². The van der Waals surface area contributed by atoms with E-state index in [4.69, 9.17) is 18.9 Å². The molecular weight excluding hydrogens is 432 g/mol. The molecule has 2 aromatic rings. The van der Waals surface area contributed by atoms with E-state index in [0.717, 1.165) is 0 Å². The van der Waals surface area contributed by atoms with Gasteiger partial charge in [-0.15, -0.1) is 0 Å². The highest BCUT2D eigenvalue weighted by Crippen LogP contribution is 2.28. The minimum Gasteiger partial charge on any atom is -0.493 e. The van der Waals surface area contributed by atoms with Crippen molar-refractivity contribution in [3.8, 4) is 23.0 Å². The Kier molecular flexibility index (Phi) is 11.1. The van der Waals surface area contributed by atoms with Crippen molar-refractivity contribution in [1.29, 1.82) is 0 Å². The molecule has 0 fully saturated rings. The van der Waals surface area contributed by atoms with Gasteiger partial charge in [-0.05, 0) is 50.2 Å². The number of methoxy groups -OCH3 is 4. The third kappa shape index (κ3) is 7.95. The van der Waals surface area contributed by atoms with Gasteiger partial charge in [-0.3, -0.25) is 14.4 Å². The number of ether oxygens (including phenoxy) is 5. The number of benzene rings is 2. The van der Waals surface area contributed by atoms with E-state index < -0.39 is 24.0 Å². The molecule has 0 aliphatic carbocycles. The number of ketones is 3. The SMILES string of the molecule is CCOC(=O)C(=O)CC(=O)c1ccc(OC)c(OC)c1.COc1ccc(C(C)=O)cc1OC. The lowest BCUT2D eigenvalue weighted by molar-refractivity contribution is -0.153. The van der Waals surface area contributed by atoms with Gasteiger partial charge in [0.1, 0.15) is 0 Å². The second-order valence-corrected chi connectivity index (χ2v) is 6.44. The van der Waals surface area contributed by atoms with Gasteiger partial charge in [0.2, 0.25) is 5.78 Å². The lowest BCUT2D eigenvalue weighted by atomic mass is 10.1. The highest BCUT2D eigenvalue weighted by atomic mass is 16.5. The molecular formula is C24H28O9. The highest BCUT2D eigenvalue weighted by Gasteiger charge is 2.20. The molecule has 9 heteroatoms. The van der Waals surface area contributed by atoms with Gasteiger partial charge in [-0.25, -0.2) is 4.79 Å². The van der Waals surface area contributed by atoms with Crippen LogP contribution in [0, 0.1) is 0 Å². The normalized spacial score (nSPS) is 9.64. The number of carbonyl (C=O) groups excluding carboxylic acids is 4. The van der Waals surface area contributed by atoms with Crippen molar-refractivity contribution in [2.75, 3.05) is 35.0 Å². The fourth-order valence-electron chi connectivity index (χ4n) is 2.60. The molecule has 0 bridgehead atoms. The summed E-state index contributed by atoms with van der Waals surface area (Å²) in [4.78, 5) is 45.5. The average molecular weight is 460 g/mol. The molecule has 0 N–H and O–H groups in total. The van der Waals surface area contributed by atoms with E-state index in [1.807, 2.05) is 0 Å². The maximum Gasteiger partial charge on any atom is 0.375 e. The molecule has 9 nitrogen and oxygen atoms in total. The van der Waals surface area contributed by atoms with Crippen LogP contribution < -0.4 is 18.9 Å². The molecule has 2 rings (SSSR count). The van der Waals surface area contributed by atoms with Crippen LogP contribution in [0.5, 0.6) is 23.0 Å². The van der Waals surface area contributed by atoms with Crippen LogP contribution in [0.3, 0.4) is 0 Å². The molecule has 0 spiro atoms. The molecule has 178 valence electrons. The first kappa shape index (κ1) is 27.2. The number of Topliss-reactive ketones (excluding diaryl/α,β-unsaturated/α-hetero) is 3. The van der Waals surface area contributed by atoms with Gasteiger partial charge in [0.15, 0.2) is 34.6 Å². The zero-order chi connectivity index (χ0) is 25.0. The number of carbonyl (C=O) groups is 4. The molecule has 2 aromatic carbocycles. The van der Waals surface area contributed by atoms with Gasteiger partial charge >= 0.3 is 5.97 Å². The Labute approximate surface area is 192 Å². The molecule has 0 aliphatic rings. The Morgan fingerprint density at radius 1 is 0.697 bits per heavy atom. The minimum atomic E-state index is -0.999. The number of hydrogen-bond donors (Lipinski definition) is 0. The third-order valence-corrected chi connectivity index (χ3v) is 4.32. The molecule has 0 aliphatic heterocycles. The summed E-state index contributed by atoms with van der Waals surface area (Å²) >= 11 is 0. The van der Waals surface area contributed by atoms with Crippen molar-refractivity contribution in [3.05, 3.63) is 47.5 Å². The summed E-state index contributed by atoms with van der Waals surface area (Å²) in [6.07, 6.45) is -0.533. The average Bonchev–Trinajstić information content (AvgIpc) is 2.83. The monoisotopic (exact) mass is 460 g/mol. The van der Waals surface area contributed by atoms with Gasteiger partial charge in [0.05, 0.1) is 41.5 Å². The number of hydrogen-bond acceptors (Lipinski definition) is 9. The fourth-order valence-corrected chi connectivity index (χ4v) is 2.60. The molecule has 0 atom stereocenters. The fraction of sp³-hybridized carbons (Fsp3) is 0.333. The second kappa shape index (κ2) is 13.5. The molecule has 0 unspecified atom stereocenters. The maximum absolute atomic E-state index is 11.9. The van der Waals surface area contributed by atoms with Crippen molar-refractivity contribution >= 4 is 23.3 Å². The van der Waals surface area contributed by atoms with E-state index in [0.29, 0.717) is 28.6 Å². The molecule has 0 saturated heterocycles. The van der Waals surface area contributed by atoms with Crippen molar-refractivity contribution in [2.24, 2.45) is 0 Å². The summed E-state index contributed by atoms with van der Waals surface area (Å²) in [6.45, 7) is 3.19. The number of rotatable bonds is 10. The van der Waals surface area contributed by atoms with E-state index in [2.05, 4.69) is 4.74 Å².